The third-order valence-electron chi connectivity index (χ3n) is 3.74. The molecule has 3 nitrogen and oxygen atoms in total. The molecule has 4 heteroatoms. The standard InChI is InChI=1S/C17H25N3S/c1-4-11-18-16(9-10-17-19-12-13-20(17)2)14-5-7-15(21-3)8-6-14/h5-8,12-13,16,18H,4,9-11H2,1-3H3. The molecular formula is C17H25N3S. The first-order valence-corrected chi connectivity index (χ1v) is 8.80. The molecule has 0 amide bonds. The molecule has 1 atom stereocenters. The van der Waals surface area contributed by atoms with E-state index in [1.54, 1.807) is 11.8 Å². The Morgan fingerprint density at radius 3 is 2.62 bits per heavy atom. The first kappa shape index (κ1) is 16.1. The van der Waals surface area contributed by atoms with E-state index in [1.165, 1.54) is 10.5 Å². The van der Waals surface area contributed by atoms with Crippen LogP contribution in [0.25, 0.3) is 0 Å². The van der Waals surface area contributed by atoms with Gasteiger partial charge in [0.25, 0.3) is 0 Å². The van der Waals surface area contributed by atoms with Crippen LogP contribution in [0.3, 0.4) is 0 Å². The van der Waals surface area contributed by atoms with Gasteiger partial charge in [0.15, 0.2) is 0 Å². The summed E-state index contributed by atoms with van der Waals surface area (Å²) < 4.78 is 2.10. The molecule has 0 radical (unpaired) electrons. The highest BCUT2D eigenvalue weighted by molar-refractivity contribution is 7.98. The molecule has 1 aromatic carbocycles. The van der Waals surface area contributed by atoms with Crippen LogP contribution in [0.1, 0.15) is 37.2 Å². The largest absolute Gasteiger partial charge is 0.338 e. The van der Waals surface area contributed by atoms with Gasteiger partial charge in [-0.25, -0.2) is 4.98 Å². The number of imidazole rings is 1. The lowest BCUT2D eigenvalue weighted by molar-refractivity contribution is 0.491. The second-order valence-electron chi connectivity index (χ2n) is 5.27. The van der Waals surface area contributed by atoms with Crippen LogP contribution < -0.4 is 5.32 Å². The fourth-order valence-electron chi connectivity index (χ4n) is 2.45. The summed E-state index contributed by atoms with van der Waals surface area (Å²) >= 11 is 1.79. The molecule has 0 saturated heterocycles. The Balaban J connectivity index is 2.04. The lowest BCUT2D eigenvalue weighted by Crippen LogP contribution is -2.23. The maximum Gasteiger partial charge on any atom is 0.108 e. The molecule has 0 fully saturated rings. The Bertz CT molecular complexity index is 533. The number of hydrogen-bond donors (Lipinski definition) is 1. The van der Waals surface area contributed by atoms with E-state index < -0.39 is 0 Å². The second kappa shape index (κ2) is 8.25. The zero-order valence-corrected chi connectivity index (χ0v) is 14.0. The Hall–Kier alpha value is -1.26. The minimum absolute atomic E-state index is 0.401. The zero-order chi connectivity index (χ0) is 15.1. The van der Waals surface area contributed by atoms with E-state index in [1.807, 2.05) is 12.4 Å². The van der Waals surface area contributed by atoms with Crippen LogP contribution in [-0.2, 0) is 13.5 Å². The fourth-order valence-corrected chi connectivity index (χ4v) is 2.86. The Kier molecular flexibility index (Phi) is 6.33. The molecule has 2 rings (SSSR count). The highest BCUT2D eigenvalue weighted by atomic mass is 32.2. The molecule has 0 aliphatic rings. The molecule has 1 unspecified atom stereocenters. The summed E-state index contributed by atoms with van der Waals surface area (Å²) in [6.07, 6.45) is 9.22. The number of hydrogen-bond acceptors (Lipinski definition) is 3. The Morgan fingerprint density at radius 1 is 1.29 bits per heavy atom. The van der Waals surface area contributed by atoms with Gasteiger partial charge in [-0.2, -0.15) is 0 Å². The van der Waals surface area contributed by atoms with E-state index in [9.17, 15) is 0 Å². The first-order chi connectivity index (χ1) is 10.2. The molecule has 1 N–H and O–H groups in total. The lowest BCUT2D eigenvalue weighted by Gasteiger charge is -2.19. The molecule has 0 aliphatic heterocycles. The second-order valence-corrected chi connectivity index (χ2v) is 6.15. The summed E-state index contributed by atoms with van der Waals surface area (Å²) in [4.78, 5) is 5.74. The average Bonchev–Trinajstić information content (AvgIpc) is 2.93. The predicted octanol–water partition coefficient (Wildman–Crippen LogP) is 3.82. The van der Waals surface area contributed by atoms with Crippen LogP contribution in [0.4, 0.5) is 0 Å². The third-order valence-corrected chi connectivity index (χ3v) is 4.48. The van der Waals surface area contributed by atoms with Gasteiger partial charge in [0, 0.05) is 36.8 Å². The van der Waals surface area contributed by atoms with Crippen LogP contribution in [-0.4, -0.2) is 22.4 Å². The monoisotopic (exact) mass is 303 g/mol. The van der Waals surface area contributed by atoms with Crippen molar-refractivity contribution in [3.05, 3.63) is 48.0 Å². The van der Waals surface area contributed by atoms with Gasteiger partial charge in [0.1, 0.15) is 5.82 Å². The van der Waals surface area contributed by atoms with Crippen molar-refractivity contribution in [2.24, 2.45) is 7.05 Å². The SMILES string of the molecule is CCCNC(CCc1nccn1C)c1ccc(SC)cc1. The van der Waals surface area contributed by atoms with Crippen molar-refractivity contribution in [3.8, 4) is 0 Å². The fraction of sp³-hybridized carbons (Fsp3) is 0.471. The van der Waals surface area contributed by atoms with E-state index in [0.717, 1.165) is 31.6 Å². The molecule has 0 aliphatic carbocycles. The predicted molar refractivity (Wildman–Crippen MR) is 90.8 cm³/mol. The number of aromatic nitrogens is 2. The van der Waals surface area contributed by atoms with Crippen LogP contribution >= 0.6 is 11.8 Å². The average molecular weight is 303 g/mol. The number of thioether (sulfide) groups is 1. The van der Waals surface area contributed by atoms with Gasteiger partial charge < -0.3 is 9.88 Å². The molecular weight excluding hydrogens is 278 g/mol. The van der Waals surface area contributed by atoms with Crippen LogP contribution in [0.5, 0.6) is 0 Å². The minimum Gasteiger partial charge on any atom is -0.338 e. The summed E-state index contributed by atoms with van der Waals surface area (Å²) in [6.45, 7) is 3.26. The molecule has 1 aromatic heterocycles. The summed E-state index contributed by atoms with van der Waals surface area (Å²) in [7, 11) is 2.06. The van der Waals surface area contributed by atoms with Crippen LogP contribution in [0, 0.1) is 0 Å². The molecule has 0 saturated carbocycles. The Morgan fingerprint density at radius 2 is 2.05 bits per heavy atom. The van der Waals surface area contributed by atoms with Crippen LogP contribution in [0.2, 0.25) is 0 Å². The molecule has 0 spiro atoms. The summed E-state index contributed by atoms with van der Waals surface area (Å²) in [6, 6.07) is 9.32. The van der Waals surface area contributed by atoms with Crippen molar-refractivity contribution < 1.29 is 0 Å². The van der Waals surface area contributed by atoms with Gasteiger partial charge >= 0.3 is 0 Å². The maximum atomic E-state index is 4.42. The number of benzene rings is 1. The first-order valence-electron chi connectivity index (χ1n) is 7.58. The van der Waals surface area contributed by atoms with E-state index in [0.29, 0.717) is 6.04 Å². The van der Waals surface area contributed by atoms with Crippen molar-refractivity contribution in [2.75, 3.05) is 12.8 Å². The van der Waals surface area contributed by atoms with Gasteiger partial charge in [0.05, 0.1) is 0 Å². The van der Waals surface area contributed by atoms with E-state index in [2.05, 4.69) is 59.4 Å². The van der Waals surface area contributed by atoms with Crippen molar-refractivity contribution in [3.63, 3.8) is 0 Å². The normalized spacial score (nSPS) is 12.5. The van der Waals surface area contributed by atoms with Gasteiger partial charge in [-0.15, -0.1) is 11.8 Å². The van der Waals surface area contributed by atoms with Crippen molar-refractivity contribution in [1.29, 1.82) is 0 Å². The van der Waals surface area contributed by atoms with Gasteiger partial charge in [-0.05, 0) is 43.3 Å². The highest BCUT2D eigenvalue weighted by Gasteiger charge is 2.12. The third kappa shape index (κ3) is 4.61. The number of aryl methyl sites for hydroxylation is 2. The maximum absolute atomic E-state index is 4.42. The van der Waals surface area contributed by atoms with Crippen LogP contribution in [0.15, 0.2) is 41.6 Å². The molecule has 0 bridgehead atoms. The van der Waals surface area contributed by atoms with E-state index >= 15 is 0 Å². The topological polar surface area (TPSA) is 29.9 Å². The summed E-state index contributed by atoms with van der Waals surface area (Å²) in [5.41, 5.74) is 1.37. The van der Waals surface area contributed by atoms with Crippen molar-refractivity contribution in [1.82, 2.24) is 14.9 Å². The van der Waals surface area contributed by atoms with E-state index in [-0.39, 0.29) is 0 Å². The minimum atomic E-state index is 0.401. The number of nitrogens with zero attached hydrogens (tertiary/aromatic N) is 2. The van der Waals surface area contributed by atoms with Crippen molar-refractivity contribution >= 4 is 11.8 Å². The lowest BCUT2D eigenvalue weighted by atomic mass is 10.0. The molecule has 21 heavy (non-hydrogen) atoms. The quantitative estimate of drug-likeness (QED) is 0.752. The van der Waals surface area contributed by atoms with Crippen molar-refractivity contribution in [2.45, 2.75) is 37.1 Å². The summed E-state index contributed by atoms with van der Waals surface area (Å²) in [5, 5.41) is 3.66. The van der Waals surface area contributed by atoms with Gasteiger partial charge in [-0.3, -0.25) is 0 Å². The Labute approximate surface area is 132 Å². The number of nitrogens with one attached hydrogen (secondary N) is 1. The molecule has 1 heterocycles. The number of rotatable bonds is 8. The molecule has 2 aromatic rings. The molecule has 114 valence electrons. The van der Waals surface area contributed by atoms with Gasteiger partial charge in [-0.1, -0.05) is 19.1 Å². The smallest absolute Gasteiger partial charge is 0.108 e. The van der Waals surface area contributed by atoms with Gasteiger partial charge in [0.2, 0.25) is 0 Å². The zero-order valence-electron chi connectivity index (χ0n) is 13.2. The summed E-state index contributed by atoms with van der Waals surface area (Å²) in [5.74, 6) is 1.15. The highest BCUT2D eigenvalue weighted by Crippen LogP contribution is 2.22. The van der Waals surface area contributed by atoms with E-state index in [4.69, 9.17) is 0 Å².